The topological polar surface area (TPSA) is 102 Å². The van der Waals surface area contributed by atoms with E-state index in [1.54, 1.807) is 45.2 Å². The van der Waals surface area contributed by atoms with Gasteiger partial charge in [-0.05, 0) is 42.6 Å². The van der Waals surface area contributed by atoms with Crippen LogP contribution in [-0.2, 0) is 32.7 Å². The summed E-state index contributed by atoms with van der Waals surface area (Å²) < 4.78 is 45.9. The quantitative estimate of drug-likeness (QED) is 0.197. The van der Waals surface area contributed by atoms with Gasteiger partial charge >= 0.3 is 0 Å². The van der Waals surface area contributed by atoms with Gasteiger partial charge in [0.1, 0.15) is 6.73 Å². The normalized spacial score (nSPS) is 12.2. The summed E-state index contributed by atoms with van der Waals surface area (Å²) in [4.78, 5) is 0.0847. The molecule has 36 heavy (non-hydrogen) atoms. The molecule has 1 heterocycles. The summed E-state index contributed by atoms with van der Waals surface area (Å²) in [6, 6.07) is 13.1. The van der Waals surface area contributed by atoms with Crippen LogP contribution in [0.3, 0.4) is 0 Å². The molecule has 0 aliphatic carbocycles. The molecule has 8 nitrogen and oxygen atoms in total. The Hall–Kier alpha value is -2.50. The molecule has 3 aromatic rings. The van der Waals surface area contributed by atoms with Crippen LogP contribution in [0.4, 0.5) is 5.88 Å². The Bertz CT molecular complexity index is 1280. The number of sulfonamides is 1. The van der Waals surface area contributed by atoms with Crippen LogP contribution in [0.5, 0.6) is 0 Å². The summed E-state index contributed by atoms with van der Waals surface area (Å²) >= 11 is 0. The maximum atomic E-state index is 14.1. The van der Waals surface area contributed by atoms with Crippen molar-refractivity contribution in [1.29, 1.82) is 0 Å². The van der Waals surface area contributed by atoms with Crippen molar-refractivity contribution in [2.45, 2.75) is 57.6 Å². The minimum absolute atomic E-state index is 0.0847. The van der Waals surface area contributed by atoms with Crippen molar-refractivity contribution in [2.24, 2.45) is 0 Å². The average Bonchev–Trinajstić information content (AvgIpc) is 3.16. The predicted molar refractivity (Wildman–Crippen MR) is 143 cm³/mol. The summed E-state index contributed by atoms with van der Waals surface area (Å²) in [5.74, 6) is 0.133. The van der Waals surface area contributed by atoms with Crippen LogP contribution >= 0.6 is 0 Å². The average molecular weight is 533 g/mol. The molecule has 0 aliphatic rings. The lowest BCUT2D eigenvalue weighted by molar-refractivity contribution is 0.153. The highest BCUT2D eigenvalue weighted by Crippen LogP contribution is 2.35. The fraction of sp³-hybridized carbons (Fsp3) is 0.423. The van der Waals surface area contributed by atoms with Gasteiger partial charge in [0.25, 0.3) is 10.0 Å². The van der Waals surface area contributed by atoms with Crippen LogP contribution in [0.25, 0.3) is 11.1 Å². The SMILES string of the molecule is COCc1ccc(-c2ccccc2S(=O)(=O)N(COCC[Si](C)(C)C)c2onc(C)c2C)c(CO)c1. The third kappa shape index (κ3) is 6.43. The van der Waals surface area contributed by atoms with Crippen LogP contribution in [0.15, 0.2) is 51.9 Å². The third-order valence-corrected chi connectivity index (χ3v) is 9.43. The van der Waals surface area contributed by atoms with Gasteiger partial charge in [-0.3, -0.25) is 0 Å². The summed E-state index contributed by atoms with van der Waals surface area (Å²) in [5.41, 5.74) is 3.84. The molecule has 0 aliphatic heterocycles. The Morgan fingerprint density at radius 1 is 1.08 bits per heavy atom. The van der Waals surface area contributed by atoms with Gasteiger partial charge in [0.2, 0.25) is 5.88 Å². The van der Waals surface area contributed by atoms with E-state index in [1.807, 2.05) is 18.2 Å². The van der Waals surface area contributed by atoms with Crippen molar-refractivity contribution in [1.82, 2.24) is 5.16 Å². The van der Waals surface area contributed by atoms with E-state index >= 15 is 0 Å². The first-order chi connectivity index (χ1) is 17.0. The fourth-order valence-corrected chi connectivity index (χ4v) is 6.03. The number of rotatable bonds is 12. The van der Waals surface area contributed by atoms with E-state index in [-0.39, 0.29) is 24.1 Å². The van der Waals surface area contributed by atoms with Crippen molar-refractivity contribution < 1.29 is 27.5 Å². The number of hydrogen-bond donors (Lipinski definition) is 1. The first kappa shape index (κ1) is 28.1. The molecular formula is C26H36N2O6SSi. The molecule has 0 unspecified atom stereocenters. The number of ether oxygens (including phenoxy) is 2. The zero-order valence-electron chi connectivity index (χ0n) is 21.9. The molecule has 0 amide bonds. The number of benzene rings is 2. The van der Waals surface area contributed by atoms with Crippen LogP contribution in [0.2, 0.25) is 25.7 Å². The number of aliphatic hydroxyl groups excluding tert-OH is 1. The lowest BCUT2D eigenvalue weighted by Gasteiger charge is -2.24. The van der Waals surface area contributed by atoms with Crippen molar-refractivity contribution in [3.63, 3.8) is 0 Å². The monoisotopic (exact) mass is 532 g/mol. The molecule has 0 fully saturated rings. The van der Waals surface area contributed by atoms with Gasteiger partial charge in [-0.15, -0.1) is 0 Å². The van der Waals surface area contributed by atoms with Gasteiger partial charge in [-0.25, -0.2) is 12.7 Å². The largest absolute Gasteiger partial charge is 0.392 e. The van der Waals surface area contributed by atoms with E-state index < -0.39 is 18.1 Å². The highest BCUT2D eigenvalue weighted by molar-refractivity contribution is 7.93. The van der Waals surface area contributed by atoms with Crippen LogP contribution in [0, 0.1) is 13.8 Å². The second kappa shape index (κ2) is 11.7. The standard InChI is InChI=1S/C26H36N2O6SSi/c1-19-20(2)27-34-26(19)28(18-33-13-14-36(4,5)6)35(30,31)25-10-8-7-9-24(25)23-12-11-21(17-32-3)15-22(23)16-29/h7-12,15,29H,13-14,16-18H2,1-6H3. The number of aryl methyl sites for hydroxylation is 1. The molecule has 0 spiro atoms. The van der Waals surface area contributed by atoms with Crippen LogP contribution in [-0.4, -0.2) is 47.2 Å². The summed E-state index contributed by atoms with van der Waals surface area (Å²) in [6.07, 6.45) is 0. The molecule has 2 aromatic carbocycles. The summed E-state index contributed by atoms with van der Waals surface area (Å²) in [7, 11) is -3.89. The van der Waals surface area contributed by atoms with Crippen LogP contribution < -0.4 is 4.31 Å². The number of nitrogens with zero attached hydrogens (tertiary/aromatic N) is 2. The molecule has 1 aromatic heterocycles. The Kier molecular flexibility index (Phi) is 9.12. The van der Waals surface area contributed by atoms with E-state index in [1.165, 1.54) is 0 Å². The predicted octanol–water partition coefficient (Wildman–Crippen LogP) is 5.10. The molecule has 0 saturated carbocycles. The van der Waals surface area contributed by atoms with Gasteiger partial charge in [-0.2, -0.15) is 0 Å². The fourth-order valence-electron chi connectivity index (χ4n) is 3.73. The Labute approximate surface area is 214 Å². The number of anilines is 1. The Balaban J connectivity index is 2.07. The molecule has 0 atom stereocenters. The van der Waals surface area contributed by atoms with E-state index in [0.717, 1.165) is 15.9 Å². The third-order valence-electron chi connectivity index (χ3n) is 5.96. The molecular weight excluding hydrogens is 496 g/mol. The van der Waals surface area contributed by atoms with E-state index in [0.29, 0.717) is 41.2 Å². The Morgan fingerprint density at radius 2 is 1.81 bits per heavy atom. The lowest BCUT2D eigenvalue weighted by atomic mass is 9.98. The van der Waals surface area contributed by atoms with Crippen molar-refractivity contribution in [3.8, 4) is 11.1 Å². The number of aliphatic hydroxyl groups is 1. The zero-order valence-corrected chi connectivity index (χ0v) is 23.7. The molecule has 10 heteroatoms. The number of methoxy groups -OCH3 is 1. The van der Waals surface area contributed by atoms with Gasteiger partial charge < -0.3 is 19.1 Å². The maximum absolute atomic E-state index is 14.1. The van der Waals surface area contributed by atoms with Crippen molar-refractivity contribution in [3.05, 3.63) is 64.8 Å². The van der Waals surface area contributed by atoms with Gasteiger partial charge in [0, 0.05) is 32.9 Å². The molecule has 1 N–H and O–H groups in total. The minimum atomic E-state index is -4.12. The van der Waals surface area contributed by atoms with E-state index in [4.69, 9.17) is 14.0 Å². The minimum Gasteiger partial charge on any atom is -0.392 e. The molecule has 3 rings (SSSR count). The molecule has 0 radical (unpaired) electrons. The Morgan fingerprint density at radius 3 is 2.42 bits per heavy atom. The number of aromatic nitrogens is 1. The lowest BCUT2D eigenvalue weighted by Crippen LogP contribution is -2.34. The van der Waals surface area contributed by atoms with E-state index in [2.05, 4.69) is 24.8 Å². The zero-order chi connectivity index (χ0) is 26.5. The van der Waals surface area contributed by atoms with Crippen LogP contribution in [0.1, 0.15) is 22.4 Å². The van der Waals surface area contributed by atoms with Crippen molar-refractivity contribution >= 4 is 24.0 Å². The first-order valence-electron chi connectivity index (χ1n) is 11.8. The second-order valence-electron chi connectivity index (χ2n) is 9.98. The molecule has 0 bridgehead atoms. The highest BCUT2D eigenvalue weighted by atomic mass is 32.2. The smallest absolute Gasteiger partial charge is 0.269 e. The summed E-state index contributed by atoms with van der Waals surface area (Å²) in [6.45, 7) is 10.6. The molecule has 0 saturated heterocycles. The molecule has 196 valence electrons. The van der Waals surface area contributed by atoms with Gasteiger partial charge in [0.05, 0.1) is 23.8 Å². The number of hydrogen-bond acceptors (Lipinski definition) is 7. The van der Waals surface area contributed by atoms with E-state index in [9.17, 15) is 13.5 Å². The summed E-state index contributed by atoms with van der Waals surface area (Å²) in [5, 5.41) is 14.0. The first-order valence-corrected chi connectivity index (χ1v) is 17.0. The highest BCUT2D eigenvalue weighted by Gasteiger charge is 2.32. The van der Waals surface area contributed by atoms with Gasteiger partial charge in [0.15, 0.2) is 0 Å². The second-order valence-corrected chi connectivity index (χ2v) is 17.4. The van der Waals surface area contributed by atoms with Crippen molar-refractivity contribution in [2.75, 3.05) is 24.8 Å². The van der Waals surface area contributed by atoms with Gasteiger partial charge in [-0.1, -0.05) is 61.2 Å². The maximum Gasteiger partial charge on any atom is 0.269 e.